The summed E-state index contributed by atoms with van der Waals surface area (Å²) < 4.78 is 10.6. The van der Waals surface area contributed by atoms with E-state index in [2.05, 4.69) is 10.3 Å². The van der Waals surface area contributed by atoms with Crippen molar-refractivity contribution in [2.75, 3.05) is 12.1 Å². The van der Waals surface area contributed by atoms with Crippen LogP contribution >= 0.6 is 0 Å². The lowest BCUT2D eigenvalue weighted by atomic mass is 10.1. The number of hydrogen-bond acceptors (Lipinski definition) is 4. The van der Waals surface area contributed by atoms with Crippen LogP contribution in [0.25, 0.3) is 11.3 Å². The Morgan fingerprint density at radius 1 is 0.958 bits per heavy atom. The molecule has 4 rings (SSSR count). The second-order valence-electron chi connectivity index (χ2n) is 5.31. The molecule has 1 aliphatic rings. The Kier molecular flexibility index (Phi) is 3.59. The Morgan fingerprint density at radius 2 is 1.79 bits per heavy atom. The smallest absolute Gasteiger partial charge is 0.255 e. The van der Waals surface area contributed by atoms with Gasteiger partial charge in [0, 0.05) is 29.1 Å². The highest BCUT2D eigenvalue weighted by atomic mass is 16.7. The van der Waals surface area contributed by atoms with Gasteiger partial charge in [-0.15, -0.1) is 0 Å². The molecule has 2 aromatic carbocycles. The van der Waals surface area contributed by atoms with Crippen molar-refractivity contribution in [2.24, 2.45) is 0 Å². The van der Waals surface area contributed by atoms with E-state index in [1.165, 1.54) is 0 Å². The monoisotopic (exact) mass is 318 g/mol. The molecule has 24 heavy (non-hydrogen) atoms. The first-order valence-electron chi connectivity index (χ1n) is 7.52. The van der Waals surface area contributed by atoms with Gasteiger partial charge < -0.3 is 14.8 Å². The molecule has 1 aromatic heterocycles. The molecule has 3 aromatic rings. The van der Waals surface area contributed by atoms with Gasteiger partial charge in [0.1, 0.15) is 0 Å². The van der Waals surface area contributed by atoms with Gasteiger partial charge in [0.25, 0.3) is 5.91 Å². The topological polar surface area (TPSA) is 60.5 Å². The Hall–Kier alpha value is -3.34. The predicted octanol–water partition coefficient (Wildman–Crippen LogP) is 3.73. The molecule has 0 atom stereocenters. The van der Waals surface area contributed by atoms with Gasteiger partial charge >= 0.3 is 0 Å². The van der Waals surface area contributed by atoms with Gasteiger partial charge in [-0.25, -0.2) is 0 Å². The molecule has 0 radical (unpaired) electrons. The Morgan fingerprint density at radius 3 is 2.58 bits per heavy atom. The number of fused-ring (bicyclic) bond motifs is 1. The largest absolute Gasteiger partial charge is 0.454 e. The average Bonchev–Trinajstić information content (AvgIpc) is 3.10. The molecule has 118 valence electrons. The minimum Gasteiger partial charge on any atom is -0.454 e. The van der Waals surface area contributed by atoms with Gasteiger partial charge in [-0.05, 0) is 36.4 Å². The highest BCUT2D eigenvalue weighted by Gasteiger charge is 2.14. The number of rotatable bonds is 3. The number of hydrogen-bond donors (Lipinski definition) is 1. The Balaban J connectivity index is 1.50. The first-order valence-corrected chi connectivity index (χ1v) is 7.52. The molecule has 1 amide bonds. The van der Waals surface area contributed by atoms with Gasteiger partial charge in [0.15, 0.2) is 11.5 Å². The van der Waals surface area contributed by atoms with Crippen LogP contribution < -0.4 is 14.8 Å². The second kappa shape index (κ2) is 6.04. The van der Waals surface area contributed by atoms with Crippen LogP contribution in [-0.4, -0.2) is 17.7 Å². The van der Waals surface area contributed by atoms with Crippen molar-refractivity contribution in [3.05, 3.63) is 72.4 Å². The molecular formula is C19H14N2O3. The summed E-state index contributed by atoms with van der Waals surface area (Å²) >= 11 is 0. The molecule has 0 bridgehead atoms. The van der Waals surface area contributed by atoms with Gasteiger partial charge in [0.05, 0.1) is 5.69 Å². The lowest BCUT2D eigenvalue weighted by Gasteiger charge is -2.07. The van der Waals surface area contributed by atoms with E-state index in [-0.39, 0.29) is 12.7 Å². The third-order valence-electron chi connectivity index (χ3n) is 3.74. The quantitative estimate of drug-likeness (QED) is 0.799. The lowest BCUT2D eigenvalue weighted by Crippen LogP contribution is -2.11. The van der Waals surface area contributed by atoms with Crippen LogP contribution in [0.4, 0.5) is 5.69 Å². The fraction of sp³-hybridized carbons (Fsp3) is 0.0526. The van der Waals surface area contributed by atoms with E-state index in [1.54, 1.807) is 36.5 Å². The molecule has 2 heterocycles. The Labute approximate surface area is 138 Å². The molecule has 0 saturated carbocycles. The number of carbonyl (C=O) groups is 1. The number of amides is 1. The van der Waals surface area contributed by atoms with Gasteiger partial charge in [0.2, 0.25) is 6.79 Å². The number of benzene rings is 2. The van der Waals surface area contributed by atoms with Crippen molar-refractivity contribution in [1.29, 1.82) is 0 Å². The van der Waals surface area contributed by atoms with Crippen molar-refractivity contribution in [3.8, 4) is 22.8 Å². The van der Waals surface area contributed by atoms with Crippen molar-refractivity contribution in [1.82, 2.24) is 4.98 Å². The lowest BCUT2D eigenvalue weighted by molar-refractivity contribution is 0.102. The van der Waals surface area contributed by atoms with E-state index in [1.807, 2.05) is 30.3 Å². The minimum absolute atomic E-state index is 0.179. The Bertz CT molecular complexity index is 877. The fourth-order valence-electron chi connectivity index (χ4n) is 2.50. The van der Waals surface area contributed by atoms with Crippen molar-refractivity contribution >= 4 is 11.6 Å². The summed E-state index contributed by atoms with van der Waals surface area (Å²) in [7, 11) is 0. The molecule has 5 heteroatoms. The molecule has 0 aliphatic carbocycles. The third-order valence-corrected chi connectivity index (χ3v) is 3.74. The van der Waals surface area contributed by atoms with E-state index in [0.29, 0.717) is 22.7 Å². The molecule has 0 fully saturated rings. The molecule has 1 aliphatic heterocycles. The van der Waals surface area contributed by atoms with E-state index < -0.39 is 0 Å². The summed E-state index contributed by atoms with van der Waals surface area (Å²) in [4.78, 5) is 16.7. The number of anilines is 1. The van der Waals surface area contributed by atoms with Crippen LogP contribution in [0.15, 0.2) is 66.9 Å². The summed E-state index contributed by atoms with van der Waals surface area (Å²) in [5.74, 6) is 1.15. The van der Waals surface area contributed by atoms with Crippen LogP contribution in [0.1, 0.15) is 10.4 Å². The highest BCUT2D eigenvalue weighted by molar-refractivity contribution is 6.04. The van der Waals surface area contributed by atoms with Gasteiger partial charge in [-0.2, -0.15) is 0 Å². The van der Waals surface area contributed by atoms with Crippen LogP contribution in [0.3, 0.4) is 0 Å². The van der Waals surface area contributed by atoms with Crippen LogP contribution in [-0.2, 0) is 0 Å². The molecule has 1 N–H and O–H groups in total. The summed E-state index contributed by atoms with van der Waals surface area (Å²) in [5.41, 5.74) is 3.08. The van der Waals surface area contributed by atoms with Crippen LogP contribution in [0.5, 0.6) is 11.5 Å². The van der Waals surface area contributed by atoms with Crippen molar-refractivity contribution in [2.45, 2.75) is 0 Å². The van der Waals surface area contributed by atoms with Crippen molar-refractivity contribution in [3.63, 3.8) is 0 Å². The van der Waals surface area contributed by atoms with Crippen LogP contribution in [0.2, 0.25) is 0 Å². The van der Waals surface area contributed by atoms with Crippen LogP contribution in [0, 0.1) is 0 Å². The van der Waals surface area contributed by atoms with E-state index in [4.69, 9.17) is 9.47 Å². The zero-order valence-corrected chi connectivity index (χ0v) is 12.7. The maximum Gasteiger partial charge on any atom is 0.255 e. The van der Waals surface area contributed by atoms with E-state index in [0.717, 1.165) is 11.3 Å². The number of nitrogens with one attached hydrogen (secondary N) is 1. The molecule has 0 unspecified atom stereocenters. The number of ether oxygens (including phenoxy) is 2. The minimum atomic E-state index is -0.179. The first-order chi connectivity index (χ1) is 11.8. The van der Waals surface area contributed by atoms with Gasteiger partial charge in [-0.3, -0.25) is 9.78 Å². The molecule has 0 spiro atoms. The molecule has 5 nitrogen and oxygen atoms in total. The standard InChI is InChI=1S/C19H14N2O3/c22-19(21-15-8-9-17-18(11-15)24-12-23-17)14-6-4-13(5-7-14)16-3-1-2-10-20-16/h1-11H,12H2,(H,21,22). The number of pyridine rings is 1. The normalized spacial score (nSPS) is 12.0. The number of nitrogens with zero attached hydrogens (tertiary/aromatic N) is 1. The second-order valence-corrected chi connectivity index (χ2v) is 5.31. The fourth-order valence-corrected chi connectivity index (χ4v) is 2.50. The maximum absolute atomic E-state index is 12.4. The predicted molar refractivity (Wildman–Crippen MR) is 90.2 cm³/mol. The summed E-state index contributed by atoms with van der Waals surface area (Å²) in [6.07, 6.45) is 1.75. The summed E-state index contributed by atoms with van der Waals surface area (Å²) in [6.45, 7) is 0.210. The highest BCUT2D eigenvalue weighted by Crippen LogP contribution is 2.34. The first kappa shape index (κ1) is 14.3. The number of carbonyl (C=O) groups excluding carboxylic acids is 1. The average molecular weight is 318 g/mol. The summed E-state index contributed by atoms with van der Waals surface area (Å²) in [6, 6.07) is 18.4. The molecule has 0 saturated heterocycles. The van der Waals surface area contributed by atoms with Crippen molar-refractivity contribution < 1.29 is 14.3 Å². The third kappa shape index (κ3) is 2.79. The van der Waals surface area contributed by atoms with Gasteiger partial charge in [-0.1, -0.05) is 18.2 Å². The summed E-state index contributed by atoms with van der Waals surface area (Å²) in [5, 5.41) is 2.86. The number of aromatic nitrogens is 1. The van der Waals surface area contributed by atoms with E-state index >= 15 is 0 Å². The van der Waals surface area contributed by atoms with E-state index in [9.17, 15) is 4.79 Å². The maximum atomic E-state index is 12.4. The zero-order chi connectivity index (χ0) is 16.4. The SMILES string of the molecule is O=C(Nc1ccc2c(c1)OCO2)c1ccc(-c2ccccn2)cc1. The zero-order valence-electron chi connectivity index (χ0n) is 12.7. The molecular weight excluding hydrogens is 304 g/mol.